The van der Waals surface area contributed by atoms with Crippen molar-refractivity contribution in [1.82, 2.24) is 0 Å². The van der Waals surface area contributed by atoms with Crippen LogP contribution in [0.2, 0.25) is 0 Å². The van der Waals surface area contributed by atoms with Gasteiger partial charge in [0.05, 0.1) is 0 Å². The molecule has 0 spiro atoms. The first-order chi connectivity index (χ1) is 9.84. The van der Waals surface area contributed by atoms with Gasteiger partial charge in [-0.2, -0.15) is 0 Å². The third-order valence-electron chi connectivity index (χ3n) is 3.84. The average molecular weight is 280 g/mol. The third kappa shape index (κ3) is 2.51. The number of nitrogens with two attached hydrogens (primary N) is 1. The molecule has 0 fully saturated rings. The van der Waals surface area contributed by atoms with Gasteiger partial charge < -0.3 is 11.1 Å². The van der Waals surface area contributed by atoms with E-state index in [2.05, 4.69) is 23.5 Å². The Kier molecular flexibility index (Phi) is 3.01. The molecule has 0 saturated carbocycles. The Bertz CT molecular complexity index is 726. The van der Waals surface area contributed by atoms with Gasteiger partial charge in [0.15, 0.2) is 0 Å². The Morgan fingerprint density at radius 1 is 1.05 bits per heavy atom. The molecule has 0 radical (unpaired) electrons. The highest BCUT2D eigenvalue weighted by molar-refractivity contribution is 5.95. The van der Waals surface area contributed by atoms with Crippen LogP contribution >= 0.6 is 0 Å². The van der Waals surface area contributed by atoms with E-state index < -0.39 is 5.41 Å². The molecule has 108 valence electrons. The van der Waals surface area contributed by atoms with E-state index in [0.29, 0.717) is 0 Å². The fourth-order valence-corrected chi connectivity index (χ4v) is 2.63. The first-order valence-electron chi connectivity index (χ1n) is 7.18. The maximum absolute atomic E-state index is 12.1. The molecule has 0 saturated heterocycles. The molecule has 0 aromatic heterocycles. The second kappa shape index (κ2) is 4.62. The zero-order valence-corrected chi connectivity index (χ0v) is 12.7. The summed E-state index contributed by atoms with van der Waals surface area (Å²) < 4.78 is 0. The van der Waals surface area contributed by atoms with Gasteiger partial charge in [0, 0.05) is 16.8 Å². The van der Waals surface area contributed by atoms with Crippen molar-refractivity contribution in [3.8, 4) is 11.1 Å². The smallest absolute Gasteiger partial charge is 0.229 e. The van der Waals surface area contributed by atoms with Crippen molar-refractivity contribution < 1.29 is 4.79 Å². The number of carbonyl (C=O) groups excluding carboxylic acids is 1. The van der Waals surface area contributed by atoms with Crippen LogP contribution in [0.4, 0.5) is 11.4 Å². The van der Waals surface area contributed by atoms with E-state index in [9.17, 15) is 4.79 Å². The molecule has 21 heavy (non-hydrogen) atoms. The second-order valence-corrected chi connectivity index (χ2v) is 6.67. The number of carbonyl (C=O) groups is 1. The van der Waals surface area contributed by atoms with Crippen molar-refractivity contribution in [2.45, 2.75) is 27.2 Å². The minimum absolute atomic E-state index is 0.0298. The van der Waals surface area contributed by atoms with Crippen LogP contribution in [-0.4, -0.2) is 5.91 Å². The maximum atomic E-state index is 12.1. The summed E-state index contributed by atoms with van der Waals surface area (Å²) in [6, 6.07) is 12.1. The highest BCUT2D eigenvalue weighted by atomic mass is 16.2. The standard InChI is InChI=1S/C18H20N2O/c1-18(2,3)17(21)20-14-5-7-16-12(10-14)8-11-9-13(19)4-6-15(11)16/h4-7,9-10H,8,19H2,1-3H3,(H,20,21). The Balaban J connectivity index is 1.90. The first kappa shape index (κ1) is 13.7. The lowest BCUT2D eigenvalue weighted by Crippen LogP contribution is -2.27. The normalized spacial score (nSPS) is 12.7. The van der Waals surface area contributed by atoms with Gasteiger partial charge in [0.25, 0.3) is 0 Å². The average Bonchev–Trinajstić information content (AvgIpc) is 2.73. The van der Waals surface area contributed by atoms with Crippen LogP contribution in [-0.2, 0) is 11.2 Å². The molecule has 1 aliphatic rings. The van der Waals surface area contributed by atoms with Crippen LogP contribution in [0, 0.1) is 5.41 Å². The highest BCUT2D eigenvalue weighted by Gasteiger charge is 2.23. The van der Waals surface area contributed by atoms with E-state index in [4.69, 9.17) is 5.73 Å². The summed E-state index contributed by atoms with van der Waals surface area (Å²) in [5.41, 5.74) is 12.1. The van der Waals surface area contributed by atoms with Crippen LogP contribution in [0.15, 0.2) is 36.4 Å². The van der Waals surface area contributed by atoms with Crippen LogP contribution in [0.3, 0.4) is 0 Å². The van der Waals surface area contributed by atoms with E-state index in [1.54, 1.807) is 0 Å². The van der Waals surface area contributed by atoms with Crippen LogP contribution in [0.5, 0.6) is 0 Å². The van der Waals surface area contributed by atoms with Gasteiger partial charge in [-0.15, -0.1) is 0 Å². The number of anilines is 2. The van der Waals surface area contributed by atoms with Gasteiger partial charge in [0.1, 0.15) is 0 Å². The molecule has 3 nitrogen and oxygen atoms in total. The summed E-state index contributed by atoms with van der Waals surface area (Å²) in [7, 11) is 0. The summed E-state index contributed by atoms with van der Waals surface area (Å²) in [5.74, 6) is 0.0298. The van der Waals surface area contributed by atoms with Crippen molar-refractivity contribution in [3.63, 3.8) is 0 Å². The third-order valence-corrected chi connectivity index (χ3v) is 3.84. The molecule has 3 heteroatoms. The van der Waals surface area contributed by atoms with E-state index in [1.807, 2.05) is 39.0 Å². The molecule has 1 amide bonds. The summed E-state index contributed by atoms with van der Waals surface area (Å²) >= 11 is 0. The largest absolute Gasteiger partial charge is 0.399 e. The topological polar surface area (TPSA) is 55.1 Å². The quantitative estimate of drug-likeness (QED) is 0.666. The number of benzene rings is 2. The summed E-state index contributed by atoms with van der Waals surface area (Å²) in [6.45, 7) is 5.73. The molecule has 0 aliphatic heterocycles. The molecule has 1 aliphatic carbocycles. The SMILES string of the molecule is CC(C)(C)C(=O)Nc1ccc2c(c1)Cc1cc(N)ccc1-2. The predicted molar refractivity (Wildman–Crippen MR) is 87.2 cm³/mol. The lowest BCUT2D eigenvalue weighted by molar-refractivity contribution is -0.123. The van der Waals surface area contributed by atoms with Crippen molar-refractivity contribution >= 4 is 17.3 Å². The highest BCUT2D eigenvalue weighted by Crippen LogP contribution is 2.38. The van der Waals surface area contributed by atoms with E-state index in [0.717, 1.165) is 17.8 Å². The van der Waals surface area contributed by atoms with Crippen molar-refractivity contribution in [2.24, 2.45) is 5.41 Å². The molecular weight excluding hydrogens is 260 g/mol. The van der Waals surface area contributed by atoms with Gasteiger partial charge in [-0.3, -0.25) is 4.79 Å². The van der Waals surface area contributed by atoms with Crippen LogP contribution in [0.25, 0.3) is 11.1 Å². The lowest BCUT2D eigenvalue weighted by Gasteiger charge is -2.18. The zero-order chi connectivity index (χ0) is 15.2. The van der Waals surface area contributed by atoms with Crippen molar-refractivity contribution in [3.05, 3.63) is 47.5 Å². The van der Waals surface area contributed by atoms with Crippen molar-refractivity contribution in [2.75, 3.05) is 11.1 Å². The monoisotopic (exact) mass is 280 g/mol. The van der Waals surface area contributed by atoms with Gasteiger partial charge in [-0.1, -0.05) is 32.9 Å². The number of hydrogen-bond donors (Lipinski definition) is 2. The lowest BCUT2D eigenvalue weighted by atomic mass is 9.95. The molecule has 0 atom stereocenters. The summed E-state index contributed by atoms with van der Waals surface area (Å²) in [6.07, 6.45) is 0.870. The summed E-state index contributed by atoms with van der Waals surface area (Å²) in [4.78, 5) is 12.1. The maximum Gasteiger partial charge on any atom is 0.229 e. The fraction of sp³-hybridized carbons (Fsp3) is 0.278. The molecule has 2 aromatic rings. The number of nitrogen functional groups attached to an aromatic ring is 1. The van der Waals surface area contributed by atoms with Gasteiger partial charge >= 0.3 is 0 Å². The Hall–Kier alpha value is -2.29. The van der Waals surface area contributed by atoms with E-state index in [1.165, 1.54) is 22.3 Å². The number of rotatable bonds is 1. The molecule has 0 bridgehead atoms. The van der Waals surface area contributed by atoms with Gasteiger partial charge in [0.2, 0.25) is 5.91 Å². The van der Waals surface area contributed by atoms with E-state index >= 15 is 0 Å². The minimum Gasteiger partial charge on any atom is -0.399 e. The number of fused-ring (bicyclic) bond motifs is 3. The predicted octanol–water partition coefficient (Wildman–Crippen LogP) is 3.82. The van der Waals surface area contributed by atoms with Crippen LogP contribution in [0.1, 0.15) is 31.9 Å². The molecule has 3 rings (SSSR count). The Morgan fingerprint density at radius 3 is 2.33 bits per heavy atom. The number of hydrogen-bond acceptors (Lipinski definition) is 2. The molecule has 3 N–H and O–H groups in total. The number of amides is 1. The molecule has 2 aromatic carbocycles. The molecule has 0 unspecified atom stereocenters. The molecule has 0 heterocycles. The van der Waals surface area contributed by atoms with Gasteiger partial charge in [-0.25, -0.2) is 0 Å². The van der Waals surface area contributed by atoms with Crippen molar-refractivity contribution in [1.29, 1.82) is 0 Å². The fourth-order valence-electron chi connectivity index (χ4n) is 2.63. The van der Waals surface area contributed by atoms with E-state index in [-0.39, 0.29) is 5.91 Å². The number of nitrogens with one attached hydrogen (secondary N) is 1. The minimum atomic E-state index is -0.392. The Morgan fingerprint density at radius 2 is 1.67 bits per heavy atom. The van der Waals surface area contributed by atoms with Gasteiger partial charge in [-0.05, 0) is 52.9 Å². The molecular formula is C18H20N2O. The zero-order valence-electron chi connectivity index (χ0n) is 12.7. The van der Waals surface area contributed by atoms with Crippen LogP contribution < -0.4 is 11.1 Å². The second-order valence-electron chi connectivity index (χ2n) is 6.67. The summed E-state index contributed by atoms with van der Waals surface area (Å²) in [5, 5.41) is 2.99. The first-order valence-corrected chi connectivity index (χ1v) is 7.18. The Labute approximate surface area is 125 Å².